The van der Waals surface area contributed by atoms with Crippen molar-refractivity contribution in [2.45, 2.75) is 6.04 Å². The SMILES string of the molecule is COc1ccc(Cl)cc1/C(O)=C1\C(=O)C(=O)N(CCN2CCOCC2)[C@H]1c1cccnc1. The molecule has 0 bridgehead atoms. The molecule has 0 saturated carbocycles. The summed E-state index contributed by atoms with van der Waals surface area (Å²) in [4.78, 5) is 34.0. The third-order valence-electron chi connectivity index (χ3n) is 5.72. The number of aromatic nitrogens is 1. The summed E-state index contributed by atoms with van der Waals surface area (Å²) in [7, 11) is 1.46. The Kier molecular flexibility index (Phi) is 6.74. The first-order valence-electron chi connectivity index (χ1n) is 10.3. The lowest BCUT2D eigenvalue weighted by atomic mass is 9.96. The number of carbonyl (C=O) groups excluding carboxylic acids is 2. The van der Waals surface area contributed by atoms with Crippen LogP contribution in [0.3, 0.4) is 0 Å². The zero-order chi connectivity index (χ0) is 22.7. The van der Waals surface area contributed by atoms with Crippen LogP contribution in [0.4, 0.5) is 0 Å². The second-order valence-corrected chi connectivity index (χ2v) is 8.01. The fourth-order valence-electron chi connectivity index (χ4n) is 4.08. The monoisotopic (exact) mass is 457 g/mol. The molecule has 168 valence electrons. The highest BCUT2D eigenvalue weighted by molar-refractivity contribution is 6.46. The van der Waals surface area contributed by atoms with Crippen LogP contribution in [-0.4, -0.2) is 78.1 Å². The van der Waals surface area contributed by atoms with E-state index >= 15 is 0 Å². The van der Waals surface area contributed by atoms with E-state index in [0.717, 1.165) is 13.1 Å². The topological polar surface area (TPSA) is 92.2 Å². The highest BCUT2D eigenvalue weighted by Crippen LogP contribution is 2.41. The van der Waals surface area contributed by atoms with Gasteiger partial charge in [-0.1, -0.05) is 17.7 Å². The van der Waals surface area contributed by atoms with Crippen LogP contribution >= 0.6 is 11.6 Å². The number of halogens is 1. The van der Waals surface area contributed by atoms with Crippen LogP contribution < -0.4 is 4.74 Å². The zero-order valence-corrected chi connectivity index (χ0v) is 18.4. The molecule has 1 aromatic heterocycles. The predicted molar refractivity (Wildman–Crippen MR) is 119 cm³/mol. The number of rotatable bonds is 6. The largest absolute Gasteiger partial charge is 0.507 e. The number of pyridine rings is 1. The number of ketones is 1. The van der Waals surface area contributed by atoms with Gasteiger partial charge in [-0.05, 0) is 29.8 Å². The number of amides is 1. The number of methoxy groups -OCH3 is 1. The van der Waals surface area contributed by atoms with Gasteiger partial charge >= 0.3 is 0 Å². The van der Waals surface area contributed by atoms with E-state index in [1.54, 1.807) is 36.7 Å². The molecular weight excluding hydrogens is 434 g/mol. The molecule has 0 radical (unpaired) electrons. The number of benzene rings is 1. The smallest absolute Gasteiger partial charge is 0.295 e. The highest BCUT2D eigenvalue weighted by atomic mass is 35.5. The van der Waals surface area contributed by atoms with Crippen molar-refractivity contribution < 1.29 is 24.2 Å². The summed E-state index contributed by atoms with van der Waals surface area (Å²) in [6.07, 6.45) is 3.21. The quantitative estimate of drug-likeness (QED) is 0.404. The van der Waals surface area contributed by atoms with Gasteiger partial charge in [0.15, 0.2) is 0 Å². The standard InChI is InChI=1S/C23H24ClN3O5/c1-31-18-5-4-16(24)13-17(18)21(28)19-20(15-3-2-6-25-14-15)27(23(30)22(19)29)8-7-26-9-11-32-12-10-26/h2-6,13-14,20,28H,7-12H2,1H3/b21-19+/t20-/m0/s1. The Hall–Kier alpha value is -2.94. The molecule has 8 nitrogen and oxygen atoms in total. The molecule has 3 heterocycles. The van der Waals surface area contributed by atoms with Gasteiger partial charge in [0.05, 0.1) is 37.5 Å². The van der Waals surface area contributed by atoms with Crippen LogP contribution in [0.15, 0.2) is 48.3 Å². The first-order chi connectivity index (χ1) is 15.5. The second-order valence-electron chi connectivity index (χ2n) is 7.58. The molecule has 9 heteroatoms. The average Bonchev–Trinajstić information content (AvgIpc) is 3.08. The van der Waals surface area contributed by atoms with E-state index in [1.807, 2.05) is 0 Å². The summed E-state index contributed by atoms with van der Waals surface area (Å²) in [5.74, 6) is -1.39. The van der Waals surface area contributed by atoms with E-state index in [1.165, 1.54) is 18.1 Å². The summed E-state index contributed by atoms with van der Waals surface area (Å²) in [6.45, 7) is 3.72. The van der Waals surface area contributed by atoms with Crippen molar-refractivity contribution in [1.29, 1.82) is 0 Å². The molecule has 2 aromatic rings. The number of ether oxygens (including phenoxy) is 2. The molecule has 2 aliphatic rings. The molecule has 0 aliphatic carbocycles. The molecule has 2 saturated heterocycles. The number of nitrogens with zero attached hydrogens (tertiary/aromatic N) is 3. The number of hydrogen-bond acceptors (Lipinski definition) is 7. The summed E-state index contributed by atoms with van der Waals surface area (Å²) in [6, 6.07) is 7.48. The third-order valence-corrected chi connectivity index (χ3v) is 5.95. The number of carbonyl (C=O) groups is 2. The maximum absolute atomic E-state index is 13.1. The lowest BCUT2D eigenvalue weighted by Crippen LogP contribution is -2.42. The van der Waals surface area contributed by atoms with E-state index in [2.05, 4.69) is 9.88 Å². The van der Waals surface area contributed by atoms with Crippen LogP contribution in [0.1, 0.15) is 17.2 Å². The van der Waals surface area contributed by atoms with Gasteiger partial charge in [0, 0.05) is 43.6 Å². The highest BCUT2D eigenvalue weighted by Gasteiger charge is 2.46. The number of morpholine rings is 1. The number of hydrogen-bond donors (Lipinski definition) is 1. The minimum Gasteiger partial charge on any atom is -0.507 e. The van der Waals surface area contributed by atoms with Crippen molar-refractivity contribution in [2.24, 2.45) is 0 Å². The van der Waals surface area contributed by atoms with E-state index in [0.29, 0.717) is 42.6 Å². The van der Waals surface area contributed by atoms with Gasteiger partial charge in [-0.3, -0.25) is 19.5 Å². The lowest BCUT2D eigenvalue weighted by molar-refractivity contribution is -0.140. The van der Waals surface area contributed by atoms with E-state index < -0.39 is 17.7 Å². The molecule has 0 unspecified atom stereocenters. The Morgan fingerprint density at radius 3 is 2.72 bits per heavy atom. The molecule has 1 atom stereocenters. The van der Waals surface area contributed by atoms with Crippen molar-refractivity contribution >= 4 is 29.1 Å². The summed E-state index contributed by atoms with van der Waals surface area (Å²) in [5.41, 5.74) is 0.877. The predicted octanol–water partition coefficient (Wildman–Crippen LogP) is 2.50. The van der Waals surface area contributed by atoms with Crippen LogP contribution in [0.2, 0.25) is 5.02 Å². The summed E-state index contributed by atoms with van der Waals surface area (Å²) in [5, 5.41) is 11.6. The van der Waals surface area contributed by atoms with Crippen molar-refractivity contribution in [3.8, 4) is 5.75 Å². The van der Waals surface area contributed by atoms with Gasteiger partial charge in [0.2, 0.25) is 0 Å². The van der Waals surface area contributed by atoms with Crippen LogP contribution in [0, 0.1) is 0 Å². The fraction of sp³-hybridized carbons (Fsp3) is 0.348. The maximum atomic E-state index is 13.1. The van der Waals surface area contributed by atoms with E-state index in [-0.39, 0.29) is 16.9 Å². The van der Waals surface area contributed by atoms with E-state index in [4.69, 9.17) is 21.1 Å². The summed E-state index contributed by atoms with van der Waals surface area (Å²) >= 11 is 6.13. The lowest BCUT2D eigenvalue weighted by Gasteiger charge is -2.30. The van der Waals surface area contributed by atoms with Crippen molar-refractivity contribution in [3.63, 3.8) is 0 Å². The Balaban J connectivity index is 1.76. The van der Waals surface area contributed by atoms with Gasteiger partial charge in [-0.15, -0.1) is 0 Å². The number of Topliss-reactive ketones (excluding diaryl/α,β-unsaturated/α-hetero) is 1. The molecule has 1 N–H and O–H groups in total. The number of aliphatic hydroxyl groups is 1. The molecule has 2 fully saturated rings. The number of aliphatic hydroxyl groups excluding tert-OH is 1. The molecule has 1 amide bonds. The first kappa shape index (κ1) is 22.3. The summed E-state index contributed by atoms with van der Waals surface area (Å²) < 4.78 is 10.7. The van der Waals surface area contributed by atoms with Crippen LogP contribution in [0.25, 0.3) is 5.76 Å². The van der Waals surface area contributed by atoms with Crippen molar-refractivity contribution in [3.05, 3.63) is 64.4 Å². The van der Waals surface area contributed by atoms with Crippen LogP contribution in [0.5, 0.6) is 5.75 Å². The molecule has 4 rings (SSSR count). The molecule has 32 heavy (non-hydrogen) atoms. The zero-order valence-electron chi connectivity index (χ0n) is 17.7. The van der Waals surface area contributed by atoms with E-state index in [9.17, 15) is 14.7 Å². The molecular formula is C23H24ClN3O5. The van der Waals surface area contributed by atoms with Gasteiger partial charge in [0.25, 0.3) is 11.7 Å². The molecule has 2 aliphatic heterocycles. The first-order valence-corrected chi connectivity index (χ1v) is 10.7. The van der Waals surface area contributed by atoms with Gasteiger partial charge in [-0.25, -0.2) is 0 Å². The van der Waals surface area contributed by atoms with Crippen molar-refractivity contribution in [1.82, 2.24) is 14.8 Å². The number of likely N-dealkylation sites (tertiary alicyclic amines) is 1. The Labute approximate surface area is 191 Å². The molecule has 1 aromatic carbocycles. The maximum Gasteiger partial charge on any atom is 0.295 e. The third kappa shape index (κ3) is 4.34. The molecule has 0 spiro atoms. The fourth-order valence-corrected chi connectivity index (χ4v) is 4.25. The Bertz CT molecular complexity index is 1040. The average molecular weight is 458 g/mol. The minimum atomic E-state index is -0.770. The van der Waals surface area contributed by atoms with Gasteiger partial charge in [0.1, 0.15) is 11.5 Å². The normalized spacial score (nSPS) is 21.2. The van der Waals surface area contributed by atoms with Gasteiger partial charge < -0.3 is 19.5 Å². The Morgan fingerprint density at radius 1 is 1.25 bits per heavy atom. The van der Waals surface area contributed by atoms with Crippen LogP contribution in [-0.2, 0) is 14.3 Å². The Morgan fingerprint density at radius 2 is 2.03 bits per heavy atom. The van der Waals surface area contributed by atoms with Crippen molar-refractivity contribution in [2.75, 3.05) is 46.5 Å². The van der Waals surface area contributed by atoms with Gasteiger partial charge in [-0.2, -0.15) is 0 Å². The minimum absolute atomic E-state index is 0.00876. The second kappa shape index (κ2) is 9.68.